The van der Waals surface area contributed by atoms with Gasteiger partial charge in [-0.15, -0.1) is 22.7 Å². The van der Waals surface area contributed by atoms with Gasteiger partial charge in [0, 0.05) is 15.1 Å². The fraction of sp³-hybridized carbons (Fsp3) is 0.111. The van der Waals surface area contributed by atoms with E-state index < -0.39 is 0 Å². The fourth-order valence-corrected chi connectivity index (χ4v) is 4.73. The molecule has 0 aliphatic carbocycles. The molecule has 3 aromatic rings. The van der Waals surface area contributed by atoms with E-state index in [-0.39, 0.29) is 0 Å². The summed E-state index contributed by atoms with van der Waals surface area (Å²) in [6.07, 6.45) is 4.31. The third-order valence-corrected chi connectivity index (χ3v) is 5.72. The molecule has 0 nitrogen and oxygen atoms in total. The number of benzene rings is 1. The van der Waals surface area contributed by atoms with E-state index in [0.29, 0.717) is 0 Å². The van der Waals surface area contributed by atoms with E-state index in [1.807, 2.05) is 22.7 Å². The van der Waals surface area contributed by atoms with Crippen molar-refractivity contribution in [3.63, 3.8) is 0 Å². The minimum absolute atomic E-state index is 1.13. The first-order valence-corrected chi connectivity index (χ1v) is 8.30. The molecule has 0 bridgehead atoms. The Morgan fingerprint density at radius 1 is 1.20 bits per heavy atom. The molecular weight excluding hydrogens is 280 g/mol. The van der Waals surface area contributed by atoms with E-state index in [9.17, 15) is 0 Å². The van der Waals surface area contributed by atoms with E-state index in [1.165, 1.54) is 31.0 Å². The molecule has 0 spiro atoms. The van der Waals surface area contributed by atoms with Gasteiger partial charge in [0.15, 0.2) is 0 Å². The van der Waals surface area contributed by atoms with Gasteiger partial charge in [0.05, 0.1) is 4.70 Å². The third-order valence-electron chi connectivity index (χ3n) is 3.41. The number of allylic oxidation sites excluding steroid dienone is 1. The Bertz CT molecular complexity index is 800. The van der Waals surface area contributed by atoms with Crippen molar-refractivity contribution in [2.75, 3.05) is 0 Å². The summed E-state index contributed by atoms with van der Waals surface area (Å²) in [6.45, 7) is 8.57. The minimum atomic E-state index is 1.13. The molecule has 0 saturated heterocycles. The molecule has 0 amide bonds. The molecule has 0 radical (unpaired) electrons. The van der Waals surface area contributed by atoms with Gasteiger partial charge in [-0.3, -0.25) is 0 Å². The summed E-state index contributed by atoms with van der Waals surface area (Å²) >= 11 is 3.65. The lowest BCUT2D eigenvalue weighted by molar-refractivity contribution is 1.43. The van der Waals surface area contributed by atoms with Crippen molar-refractivity contribution in [1.29, 1.82) is 0 Å². The van der Waals surface area contributed by atoms with Crippen LogP contribution in [0.5, 0.6) is 0 Å². The molecule has 2 aromatic heterocycles. The highest BCUT2D eigenvalue weighted by atomic mass is 32.1. The van der Waals surface area contributed by atoms with Crippen LogP contribution in [0.3, 0.4) is 0 Å². The van der Waals surface area contributed by atoms with Gasteiger partial charge in [0.1, 0.15) is 0 Å². The maximum atomic E-state index is 4.35. The molecule has 20 heavy (non-hydrogen) atoms. The lowest BCUT2D eigenvalue weighted by Gasteiger charge is -2.08. The average molecular weight is 296 g/mol. The number of hydrogen-bond donors (Lipinski definition) is 0. The van der Waals surface area contributed by atoms with Gasteiger partial charge < -0.3 is 0 Å². The first kappa shape index (κ1) is 13.3. The molecule has 0 aliphatic heterocycles. The summed E-state index contributed by atoms with van der Waals surface area (Å²) < 4.78 is 2.73. The van der Waals surface area contributed by atoms with E-state index >= 15 is 0 Å². The van der Waals surface area contributed by atoms with Gasteiger partial charge in [0.25, 0.3) is 0 Å². The van der Waals surface area contributed by atoms with Crippen LogP contribution in [0.1, 0.15) is 28.5 Å². The second-order valence-electron chi connectivity index (χ2n) is 4.75. The quantitative estimate of drug-likeness (QED) is 0.527. The van der Waals surface area contributed by atoms with Crippen LogP contribution < -0.4 is 0 Å². The molecule has 2 heterocycles. The summed E-state index contributed by atoms with van der Waals surface area (Å²) in [5, 5.41) is 2.16. The van der Waals surface area contributed by atoms with Crippen LogP contribution in [0.15, 0.2) is 48.4 Å². The van der Waals surface area contributed by atoms with E-state index in [1.54, 1.807) is 0 Å². The van der Waals surface area contributed by atoms with Crippen molar-refractivity contribution in [2.24, 2.45) is 0 Å². The van der Waals surface area contributed by atoms with E-state index in [0.717, 1.165) is 5.57 Å². The topological polar surface area (TPSA) is 0 Å². The second kappa shape index (κ2) is 5.39. The standard InChI is InChI=1S/C18H16S2/c1-4-7-15-17(20-16-10-11-19-18(15)16)13(3)14-9-6-5-8-12(14)2/h4-11H,3H2,1-2H3/b7-4-. The molecule has 1 aromatic carbocycles. The van der Waals surface area contributed by atoms with Crippen LogP contribution in [-0.4, -0.2) is 0 Å². The molecule has 0 saturated carbocycles. The summed E-state index contributed by atoms with van der Waals surface area (Å²) in [4.78, 5) is 1.29. The van der Waals surface area contributed by atoms with Gasteiger partial charge in [0.2, 0.25) is 0 Å². The van der Waals surface area contributed by atoms with Gasteiger partial charge in [-0.1, -0.05) is 43.0 Å². The Kier molecular flexibility index (Phi) is 3.60. The van der Waals surface area contributed by atoms with Gasteiger partial charge in [-0.2, -0.15) is 0 Å². The smallest absolute Gasteiger partial charge is 0.0529 e. The Morgan fingerprint density at radius 3 is 2.75 bits per heavy atom. The molecule has 0 atom stereocenters. The lowest BCUT2D eigenvalue weighted by atomic mass is 9.99. The van der Waals surface area contributed by atoms with Crippen molar-refractivity contribution in [3.8, 4) is 0 Å². The summed E-state index contributed by atoms with van der Waals surface area (Å²) in [5.74, 6) is 0. The largest absolute Gasteiger partial charge is 0.142 e. The van der Waals surface area contributed by atoms with Crippen molar-refractivity contribution < 1.29 is 0 Å². The number of hydrogen-bond acceptors (Lipinski definition) is 2. The van der Waals surface area contributed by atoms with Crippen molar-refractivity contribution >= 4 is 43.7 Å². The third kappa shape index (κ3) is 2.15. The number of fused-ring (bicyclic) bond motifs is 1. The van der Waals surface area contributed by atoms with Gasteiger partial charge in [-0.05, 0) is 42.0 Å². The SMILES string of the molecule is C=C(c1ccccc1C)c1sc2ccsc2c1/C=C\C. The zero-order chi connectivity index (χ0) is 14.1. The van der Waals surface area contributed by atoms with E-state index in [4.69, 9.17) is 0 Å². The normalized spacial score (nSPS) is 11.5. The van der Waals surface area contributed by atoms with Gasteiger partial charge in [-0.25, -0.2) is 0 Å². The molecule has 3 rings (SSSR count). The Hall–Kier alpha value is -1.64. The number of aryl methyl sites for hydroxylation is 1. The first-order chi connectivity index (χ1) is 9.72. The second-order valence-corrected chi connectivity index (χ2v) is 6.72. The predicted molar refractivity (Wildman–Crippen MR) is 93.7 cm³/mol. The molecule has 0 fully saturated rings. The maximum Gasteiger partial charge on any atom is 0.0529 e. The average Bonchev–Trinajstić information content (AvgIpc) is 3.01. The van der Waals surface area contributed by atoms with Crippen molar-refractivity contribution in [3.05, 3.63) is 69.9 Å². The lowest BCUT2D eigenvalue weighted by Crippen LogP contribution is -1.89. The van der Waals surface area contributed by atoms with Gasteiger partial charge >= 0.3 is 0 Å². The predicted octanol–water partition coefficient (Wildman–Crippen LogP) is 6.37. The first-order valence-electron chi connectivity index (χ1n) is 6.60. The minimum Gasteiger partial charge on any atom is -0.142 e. The number of thiophene rings is 2. The highest BCUT2D eigenvalue weighted by Gasteiger charge is 2.15. The molecule has 0 N–H and O–H groups in total. The van der Waals surface area contributed by atoms with Crippen LogP contribution >= 0.6 is 22.7 Å². The number of rotatable bonds is 3. The molecule has 0 aliphatic rings. The van der Waals surface area contributed by atoms with Crippen LogP contribution in [0, 0.1) is 6.92 Å². The van der Waals surface area contributed by atoms with Crippen LogP contribution in [-0.2, 0) is 0 Å². The zero-order valence-corrected chi connectivity index (χ0v) is 13.3. The molecule has 0 unspecified atom stereocenters. The van der Waals surface area contributed by atoms with Crippen molar-refractivity contribution in [1.82, 2.24) is 0 Å². The van der Waals surface area contributed by atoms with E-state index in [2.05, 4.69) is 68.3 Å². The Morgan fingerprint density at radius 2 is 2.00 bits per heavy atom. The summed E-state index contributed by atoms with van der Waals surface area (Å²) in [7, 11) is 0. The zero-order valence-electron chi connectivity index (χ0n) is 11.6. The van der Waals surface area contributed by atoms with Crippen LogP contribution in [0.25, 0.3) is 21.0 Å². The highest BCUT2D eigenvalue weighted by Crippen LogP contribution is 2.41. The van der Waals surface area contributed by atoms with Crippen LogP contribution in [0.4, 0.5) is 0 Å². The molecular formula is C18H16S2. The Balaban J connectivity index is 2.19. The molecule has 100 valence electrons. The fourth-order valence-electron chi connectivity index (χ4n) is 2.42. The summed E-state index contributed by atoms with van der Waals surface area (Å²) in [5.41, 5.74) is 4.97. The molecule has 2 heteroatoms. The maximum absolute atomic E-state index is 4.35. The van der Waals surface area contributed by atoms with Crippen molar-refractivity contribution in [2.45, 2.75) is 13.8 Å². The van der Waals surface area contributed by atoms with Crippen LogP contribution in [0.2, 0.25) is 0 Å². The Labute approximate surface area is 127 Å². The highest BCUT2D eigenvalue weighted by molar-refractivity contribution is 7.28. The summed E-state index contributed by atoms with van der Waals surface area (Å²) in [6, 6.07) is 10.7. The monoisotopic (exact) mass is 296 g/mol.